The van der Waals surface area contributed by atoms with Crippen LogP contribution in [0.5, 0.6) is 0 Å². The lowest BCUT2D eigenvalue weighted by atomic mass is 9.29. The molecule has 0 saturated carbocycles. The fourth-order valence-electron chi connectivity index (χ4n) is 8.62. The molecular weight excluding hydrogens is 543 g/mol. The highest BCUT2D eigenvalue weighted by Gasteiger charge is 2.47. The standard InChI is InChI=1S/C42H35BN2/c1-26-15-19-30(20-16-26)45-35-22-17-27(2)25-33(35)43-40-32(42(4,5)39-28(3)18-23-37(45)41(39)43)21-24-36-38(40)31-13-9-10-14-34(31)44(36)29-11-7-6-8-12-29/h6-25H,1-5H3. The van der Waals surface area contributed by atoms with E-state index in [9.17, 15) is 0 Å². The Labute approximate surface area is 265 Å². The molecule has 2 aliphatic heterocycles. The molecule has 3 heteroatoms. The zero-order chi connectivity index (χ0) is 30.6. The van der Waals surface area contributed by atoms with Gasteiger partial charge in [0.25, 0.3) is 0 Å². The molecule has 0 amide bonds. The third kappa shape index (κ3) is 3.53. The second kappa shape index (κ2) is 9.25. The predicted octanol–water partition coefficient (Wildman–Crippen LogP) is 8.65. The minimum absolute atomic E-state index is 0.119. The van der Waals surface area contributed by atoms with Crippen LogP contribution in [-0.4, -0.2) is 11.3 Å². The number of anilines is 3. The fraction of sp³-hybridized carbons (Fsp3) is 0.143. The molecule has 7 aromatic rings. The van der Waals surface area contributed by atoms with Crippen LogP contribution < -0.4 is 21.3 Å². The number of hydrogen-bond acceptors (Lipinski definition) is 1. The summed E-state index contributed by atoms with van der Waals surface area (Å²) >= 11 is 0. The molecule has 0 saturated heterocycles. The summed E-state index contributed by atoms with van der Waals surface area (Å²) < 4.78 is 2.46. The number of aromatic nitrogens is 1. The van der Waals surface area contributed by atoms with Gasteiger partial charge in [0.2, 0.25) is 6.71 Å². The Hall–Kier alpha value is -5.02. The predicted molar refractivity (Wildman–Crippen MR) is 193 cm³/mol. The Morgan fingerprint density at radius 1 is 0.578 bits per heavy atom. The normalized spacial score (nSPS) is 14.4. The maximum absolute atomic E-state index is 2.51. The van der Waals surface area contributed by atoms with Crippen molar-refractivity contribution in [2.45, 2.75) is 40.0 Å². The van der Waals surface area contributed by atoms with Gasteiger partial charge in [-0.2, -0.15) is 0 Å². The number of aryl methyl sites for hydroxylation is 3. The van der Waals surface area contributed by atoms with E-state index in [1.165, 1.54) is 88.8 Å². The smallest absolute Gasteiger partial charge is 0.248 e. The van der Waals surface area contributed by atoms with Crippen LogP contribution in [0.2, 0.25) is 0 Å². The molecule has 0 unspecified atom stereocenters. The van der Waals surface area contributed by atoms with E-state index in [-0.39, 0.29) is 12.1 Å². The average Bonchev–Trinajstić information content (AvgIpc) is 3.38. The van der Waals surface area contributed by atoms with Crippen molar-refractivity contribution in [2.75, 3.05) is 4.90 Å². The first-order chi connectivity index (χ1) is 21.8. The zero-order valence-electron chi connectivity index (χ0n) is 26.5. The van der Waals surface area contributed by atoms with Crippen LogP contribution in [0.4, 0.5) is 17.1 Å². The van der Waals surface area contributed by atoms with Crippen molar-refractivity contribution in [3.05, 3.63) is 149 Å². The van der Waals surface area contributed by atoms with E-state index in [1.807, 2.05) is 0 Å². The quantitative estimate of drug-likeness (QED) is 0.187. The van der Waals surface area contributed by atoms with Crippen molar-refractivity contribution < 1.29 is 0 Å². The van der Waals surface area contributed by atoms with Crippen molar-refractivity contribution in [1.29, 1.82) is 0 Å². The van der Waals surface area contributed by atoms with Crippen LogP contribution in [0.3, 0.4) is 0 Å². The van der Waals surface area contributed by atoms with E-state index in [1.54, 1.807) is 0 Å². The largest absolute Gasteiger partial charge is 0.312 e. The van der Waals surface area contributed by atoms with E-state index in [0.29, 0.717) is 0 Å². The van der Waals surface area contributed by atoms with Gasteiger partial charge in [0, 0.05) is 38.9 Å². The third-order valence-electron chi connectivity index (χ3n) is 10.5. The summed E-state index contributed by atoms with van der Waals surface area (Å²) in [5, 5.41) is 2.69. The number of benzene rings is 6. The van der Waals surface area contributed by atoms with E-state index >= 15 is 0 Å². The van der Waals surface area contributed by atoms with Gasteiger partial charge in [-0.25, -0.2) is 0 Å². The monoisotopic (exact) mass is 578 g/mol. The Morgan fingerprint density at radius 3 is 2.09 bits per heavy atom. The third-order valence-corrected chi connectivity index (χ3v) is 10.5. The van der Waals surface area contributed by atoms with Crippen LogP contribution in [0.25, 0.3) is 27.5 Å². The second-order valence-corrected chi connectivity index (χ2v) is 13.6. The van der Waals surface area contributed by atoms with Crippen LogP contribution in [0.1, 0.15) is 41.7 Å². The molecular formula is C42H35BN2. The number of nitrogens with zero attached hydrogens (tertiary/aromatic N) is 2. The molecule has 0 aliphatic carbocycles. The Kier molecular flexibility index (Phi) is 5.42. The highest BCUT2D eigenvalue weighted by molar-refractivity contribution is 7.00. The molecule has 0 radical (unpaired) electrons. The van der Waals surface area contributed by atoms with Gasteiger partial charge >= 0.3 is 0 Å². The molecule has 216 valence electrons. The first kappa shape index (κ1) is 26.4. The molecule has 0 spiro atoms. The van der Waals surface area contributed by atoms with E-state index in [0.717, 1.165) is 0 Å². The van der Waals surface area contributed by atoms with Crippen LogP contribution in [0.15, 0.2) is 121 Å². The summed E-state index contributed by atoms with van der Waals surface area (Å²) in [6.45, 7) is 11.7. The van der Waals surface area contributed by atoms with Crippen molar-refractivity contribution in [2.24, 2.45) is 0 Å². The fourth-order valence-corrected chi connectivity index (χ4v) is 8.62. The van der Waals surface area contributed by atoms with Crippen LogP contribution in [0, 0.1) is 20.8 Å². The van der Waals surface area contributed by atoms with Crippen LogP contribution in [-0.2, 0) is 5.41 Å². The van der Waals surface area contributed by atoms with Crippen molar-refractivity contribution >= 4 is 62.0 Å². The first-order valence-electron chi connectivity index (χ1n) is 16.1. The van der Waals surface area contributed by atoms with Gasteiger partial charge in [0.05, 0.1) is 11.0 Å². The van der Waals surface area contributed by atoms with Gasteiger partial charge in [-0.05, 0) is 96.9 Å². The van der Waals surface area contributed by atoms with Crippen molar-refractivity contribution in [3.8, 4) is 5.69 Å². The Morgan fingerprint density at radius 2 is 1.29 bits per heavy atom. The molecule has 9 rings (SSSR count). The summed E-state index contributed by atoms with van der Waals surface area (Å²) in [4.78, 5) is 2.51. The van der Waals surface area contributed by atoms with Gasteiger partial charge in [0.1, 0.15) is 0 Å². The Bertz CT molecular complexity index is 2330. The van der Waals surface area contributed by atoms with Gasteiger partial charge in [-0.15, -0.1) is 0 Å². The van der Waals surface area contributed by atoms with Gasteiger partial charge in [0.15, 0.2) is 0 Å². The second-order valence-electron chi connectivity index (χ2n) is 13.6. The molecule has 0 fully saturated rings. The average molecular weight is 579 g/mol. The van der Waals surface area contributed by atoms with E-state index in [2.05, 4.69) is 165 Å². The number of hydrogen-bond donors (Lipinski definition) is 0. The maximum Gasteiger partial charge on any atom is 0.248 e. The number of para-hydroxylation sites is 2. The molecule has 2 nitrogen and oxygen atoms in total. The molecule has 1 aromatic heterocycles. The van der Waals surface area contributed by atoms with Crippen LogP contribution >= 0.6 is 0 Å². The summed E-state index contributed by atoms with van der Waals surface area (Å²) in [5.41, 5.74) is 18.4. The van der Waals surface area contributed by atoms with Gasteiger partial charge in [-0.3, -0.25) is 0 Å². The maximum atomic E-state index is 2.51. The number of rotatable bonds is 2. The molecule has 0 bridgehead atoms. The first-order valence-corrected chi connectivity index (χ1v) is 16.1. The molecule has 2 aliphatic rings. The lowest BCUT2D eigenvalue weighted by Crippen LogP contribution is -2.64. The van der Waals surface area contributed by atoms with Gasteiger partial charge < -0.3 is 9.47 Å². The zero-order valence-corrected chi connectivity index (χ0v) is 26.5. The summed E-state index contributed by atoms with van der Waals surface area (Å²) in [7, 11) is 0. The van der Waals surface area contributed by atoms with E-state index in [4.69, 9.17) is 0 Å². The SMILES string of the molecule is Cc1ccc(N2c3ccc(C)cc3B3c4c2ccc(C)c4C(C)(C)c2ccc4c(c23)c2ccccc2n4-c2ccccc2)cc1. The topological polar surface area (TPSA) is 8.17 Å². The summed E-state index contributed by atoms with van der Waals surface area (Å²) in [6, 6.07) is 45.5. The van der Waals surface area contributed by atoms with Crippen molar-refractivity contribution in [3.63, 3.8) is 0 Å². The summed E-state index contributed by atoms with van der Waals surface area (Å²) in [5.74, 6) is 0. The van der Waals surface area contributed by atoms with Crippen molar-refractivity contribution in [1.82, 2.24) is 4.57 Å². The Balaban J connectivity index is 1.46. The molecule has 0 N–H and O–H groups in total. The number of fused-ring (bicyclic) bond motifs is 8. The molecule has 0 atom stereocenters. The molecule has 3 heterocycles. The summed E-state index contributed by atoms with van der Waals surface area (Å²) in [6.07, 6.45) is 0. The lowest BCUT2D eigenvalue weighted by Gasteiger charge is -2.46. The molecule has 45 heavy (non-hydrogen) atoms. The highest BCUT2D eigenvalue weighted by atomic mass is 15.2. The van der Waals surface area contributed by atoms with E-state index < -0.39 is 0 Å². The van der Waals surface area contributed by atoms with Gasteiger partial charge in [-0.1, -0.05) is 103 Å². The lowest BCUT2D eigenvalue weighted by molar-refractivity contribution is 0.642. The minimum Gasteiger partial charge on any atom is -0.312 e. The minimum atomic E-state index is -0.175. The highest BCUT2D eigenvalue weighted by Crippen LogP contribution is 2.45. The molecule has 6 aromatic carbocycles.